The molecule has 2 heterocycles. The zero-order valence-electron chi connectivity index (χ0n) is 13.0. The van der Waals surface area contributed by atoms with Crippen molar-refractivity contribution >= 4 is 15.9 Å². The first kappa shape index (κ1) is 16.9. The van der Waals surface area contributed by atoms with Crippen molar-refractivity contribution in [3.05, 3.63) is 29.8 Å². The first-order valence-corrected chi connectivity index (χ1v) is 8.76. The molecule has 0 saturated carbocycles. The minimum absolute atomic E-state index is 0.00926. The molecule has 1 aromatic rings. The van der Waals surface area contributed by atoms with E-state index in [-0.39, 0.29) is 10.5 Å². The summed E-state index contributed by atoms with van der Waals surface area (Å²) in [5, 5.41) is 10.9. The molecule has 0 unspecified atom stereocenters. The molecule has 0 aliphatic carbocycles. The van der Waals surface area contributed by atoms with E-state index in [0.29, 0.717) is 0 Å². The summed E-state index contributed by atoms with van der Waals surface area (Å²) >= 11 is 0. The second kappa shape index (κ2) is 6.76. The van der Waals surface area contributed by atoms with Gasteiger partial charge in [0.2, 0.25) is 0 Å². The molecule has 3 rings (SSSR count). The number of sulfonamides is 1. The Morgan fingerprint density at radius 3 is 2.50 bits per heavy atom. The van der Waals surface area contributed by atoms with Crippen LogP contribution in [0, 0.1) is 0 Å². The van der Waals surface area contributed by atoms with Crippen LogP contribution < -0.4 is 5.11 Å². The number of quaternary nitrogens is 1. The lowest BCUT2D eigenvalue weighted by Gasteiger charge is -2.28. The number of fused-ring (bicyclic) bond motifs is 1. The van der Waals surface area contributed by atoms with E-state index in [1.54, 1.807) is 19.2 Å². The maximum absolute atomic E-state index is 11.1. The minimum Gasteiger partial charge on any atom is -0.858 e. The molecule has 22 heavy (non-hydrogen) atoms. The number of hydrogen-bond donors (Lipinski definition) is 0. The Morgan fingerprint density at radius 2 is 1.91 bits per heavy atom. The average Bonchev–Trinajstić information content (AvgIpc) is 3.01. The summed E-state index contributed by atoms with van der Waals surface area (Å²) < 4.78 is 31.5. The van der Waals surface area contributed by atoms with E-state index in [0.717, 1.165) is 6.61 Å². The minimum atomic E-state index is -3.68. The van der Waals surface area contributed by atoms with Crippen LogP contribution in [0.5, 0.6) is 0 Å². The van der Waals surface area contributed by atoms with Crippen LogP contribution in [0.25, 0.3) is 0 Å². The molecule has 1 fully saturated rings. The van der Waals surface area contributed by atoms with Gasteiger partial charge in [-0.05, 0) is 6.07 Å². The van der Waals surface area contributed by atoms with E-state index in [9.17, 15) is 13.5 Å². The molecule has 2 aliphatic heterocycles. The maximum Gasteiger partial charge on any atom is 0.282 e. The van der Waals surface area contributed by atoms with Gasteiger partial charge in [0.1, 0.15) is 6.54 Å². The van der Waals surface area contributed by atoms with Crippen LogP contribution in [0.1, 0.15) is 18.4 Å². The molecule has 6 nitrogen and oxygen atoms in total. The number of nitrogens with zero attached hydrogens (tertiary/aromatic N) is 2. The summed E-state index contributed by atoms with van der Waals surface area (Å²) in [4.78, 5) is 0.00926. The van der Waals surface area contributed by atoms with Crippen molar-refractivity contribution in [3.63, 3.8) is 0 Å². The van der Waals surface area contributed by atoms with Gasteiger partial charge in [-0.15, -0.1) is 0 Å². The van der Waals surface area contributed by atoms with Crippen LogP contribution >= 0.6 is 0 Å². The van der Waals surface area contributed by atoms with Crippen molar-refractivity contribution in [1.29, 1.82) is 0 Å². The first-order valence-electron chi connectivity index (χ1n) is 7.32. The molecule has 0 bridgehead atoms. The predicted octanol–water partition coefficient (Wildman–Crippen LogP) is 0.369. The third-order valence-electron chi connectivity index (χ3n) is 4.08. The molecule has 0 spiro atoms. The van der Waals surface area contributed by atoms with Crippen molar-refractivity contribution in [2.75, 3.05) is 40.4 Å². The molecule has 1 saturated heterocycles. The molecule has 1 aromatic carbocycles. The fraction of sp³-hybridized carbons (Fsp3) is 0.533. The number of ether oxygens (including phenoxy) is 1. The van der Waals surface area contributed by atoms with E-state index in [4.69, 9.17) is 4.74 Å². The molecule has 0 N–H and O–H groups in total. The number of methoxy groups -OCH3 is 1. The van der Waals surface area contributed by atoms with Crippen molar-refractivity contribution < 1.29 is 22.7 Å². The van der Waals surface area contributed by atoms with E-state index < -0.39 is 15.9 Å². The molecule has 7 heteroatoms. The Kier molecular flexibility index (Phi) is 5.20. The van der Waals surface area contributed by atoms with Gasteiger partial charge in [0.25, 0.3) is 10.0 Å². The summed E-state index contributed by atoms with van der Waals surface area (Å²) in [6.07, 6.45) is 2.81. The van der Waals surface area contributed by atoms with Crippen molar-refractivity contribution in [3.8, 4) is 0 Å². The van der Waals surface area contributed by atoms with Gasteiger partial charge in [-0.1, -0.05) is 18.2 Å². The number of rotatable bonds is 3. The number of likely N-dealkylation sites (N-methyl/N-ethyl adjacent to an activating group) is 1. The second-order valence-corrected chi connectivity index (χ2v) is 7.43. The van der Waals surface area contributed by atoms with Crippen LogP contribution in [0.15, 0.2) is 33.6 Å². The van der Waals surface area contributed by atoms with Crippen LogP contribution in [-0.4, -0.2) is 59.2 Å². The molecular weight excluding hydrogens is 304 g/mol. The smallest absolute Gasteiger partial charge is 0.282 e. The van der Waals surface area contributed by atoms with Crippen molar-refractivity contribution in [2.24, 2.45) is 4.40 Å². The normalized spacial score (nSPS) is 20.7. The molecule has 0 atom stereocenters. The van der Waals surface area contributed by atoms with E-state index >= 15 is 0 Å². The Labute approximate surface area is 131 Å². The van der Waals surface area contributed by atoms with Gasteiger partial charge >= 0.3 is 0 Å². The number of likely N-dealkylation sites (tertiary alicyclic amines) is 1. The van der Waals surface area contributed by atoms with Gasteiger partial charge in [0.05, 0.1) is 31.6 Å². The Morgan fingerprint density at radius 1 is 1.27 bits per heavy atom. The molecule has 2 aliphatic rings. The van der Waals surface area contributed by atoms with Crippen molar-refractivity contribution in [1.82, 2.24) is 0 Å². The molecule has 0 amide bonds. The summed E-state index contributed by atoms with van der Waals surface area (Å²) in [5.41, 5.74) is 0.164. The zero-order chi connectivity index (χ0) is 16.2. The Bertz CT molecular complexity index is 649. The first-order chi connectivity index (χ1) is 10.4. The highest BCUT2D eigenvalue weighted by Crippen LogP contribution is 2.23. The monoisotopic (exact) mass is 326 g/mol. The third kappa shape index (κ3) is 3.85. The van der Waals surface area contributed by atoms with Crippen molar-refractivity contribution in [2.45, 2.75) is 17.7 Å². The van der Waals surface area contributed by atoms with Crippen LogP contribution in [-0.2, 0) is 14.8 Å². The molecule has 122 valence electrons. The fourth-order valence-electron chi connectivity index (χ4n) is 2.71. The van der Waals surface area contributed by atoms with Gasteiger partial charge in [0.15, 0.2) is 0 Å². The van der Waals surface area contributed by atoms with Gasteiger partial charge in [-0.2, -0.15) is 12.8 Å². The Balaban J connectivity index is 0.000000164. The summed E-state index contributed by atoms with van der Waals surface area (Å²) in [7, 11) is 0.426. The topological polar surface area (TPSA) is 78.8 Å². The molecule has 0 radical (unpaired) electrons. The summed E-state index contributed by atoms with van der Waals surface area (Å²) in [5.74, 6) is -0.675. The average molecular weight is 326 g/mol. The van der Waals surface area contributed by atoms with Crippen LogP contribution in [0.3, 0.4) is 0 Å². The quantitative estimate of drug-likeness (QED) is 0.752. The van der Waals surface area contributed by atoms with Crippen LogP contribution in [0.2, 0.25) is 0 Å². The standard InChI is InChI=1S/C8H18NO.C7H5NO3S/c1-9(7-8-10-2)5-3-4-6-9;9-7-5-3-1-2-4-6(5)12(10,11)8-7/h3-8H2,1-2H3;1-4H,(H,8,9)/q+1;/p-1. The van der Waals surface area contributed by atoms with E-state index in [2.05, 4.69) is 11.4 Å². The van der Waals surface area contributed by atoms with Gasteiger partial charge in [-0.3, -0.25) is 0 Å². The Hall–Kier alpha value is -1.44. The summed E-state index contributed by atoms with van der Waals surface area (Å²) in [6, 6.07) is 5.99. The van der Waals surface area contributed by atoms with Gasteiger partial charge in [-0.25, -0.2) is 0 Å². The lowest BCUT2D eigenvalue weighted by Crippen LogP contribution is -2.43. The lowest BCUT2D eigenvalue weighted by molar-refractivity contribution is -0.897. The highest BCUT2D eigenvalue weighted by atomic mass is 32.2. The van der Waals surface area contributed by atoms with E-state index in [1.807, 2.05) is 0 Å². The van der Waals surface area contributed by atoms with Gasteiger partial charge in [0, 0.05) is 31.4 Å². The fourth-order valence-corrected chi connectivity index (χ4v) is 3.81. The van der Waals surface area contributed by atoms with Gasteiger partial charge < -0.3 is 14.3 Å². The second-order valence-electron chi connectivity index (χ2n) is 5.86. The predicted molar refractivity (Wildman–Crippen MR) is 82.1 cm³/mol. The SMILES string of the molecule is COCC[N+]1(C)CCCC1.O=S1(=O)N=C([O-])c2ccccc21. The zero-order valence-corrected chi connectivity index (χ0v) is 13.8. The number of benzene rings is 1. The highest BCUT2D eigenvalue weighted by molar-refractivity contribution is 7.90. The number of hydrogen-bond acceptors (Lipinski definition) is 4. The largest absolute Gasteiger partial charge is 0.858 e. The molecule has 0 aromatic heterocycles. The molecular formula is C15H22N2O4S. The maximum atomic E-state index is 11.1. The van der Waals surface area contributed by atoms with E-state index in [1.165, 1.54) is 49.1 Å². The lowest BCUT2D eigenvalue weighted by atomic mass is 10.2. The highest BCUT2D eigenvalue weighted by Gasteiger charge is 2.25. The third-order valence-corrected chi connectivity index (χ3v) is 5.40. The summed E-state index contributed by atoms with van der Waals surface area (Å²) in [6.45, 7) is 4.81. The van der Waals surface area contributed by atoms with Crippen LogP contribution in [0.4, 0.5) is 0 Å².